The maximum Gasteiger partial charge on any atom is 0.326 e. The second-order valence-corrected chi connectivity index (χ2v) is 12.0. The lowest BCUT2D eigenvalue weighted by Gasteiger charge is -2.49. The van der Waals surface area contributed by atoms with Crippen LogP contribution in [0.3, 0.4) is 0 Å². The van der Waals surface area contributed by atoms with Crippen molar-refractivity contribution in [1.82, 2.24) is 14.6 Å². The maximum absolute atomic E-state index is 13.6. The van der Waals surface area contributed by atoms with Crippen LogP contribution in [0.5, 0.6) is 0 Å². The van der Waals surface area contributed by atoms with E-state index < -0.39 is 34.0 Å². The summed E-state index contributed by atoms with van der Waals surface area (Å²) >= 11 is 0. The fourth-order valence-electron chi connectivity index (χ4n) is 5.62. The quantitative estimate of drug-likeness (QED) is 0.363. The number of nitrogens with one attached hydrogen (secondary N) is 2. The van der Waals surface area contributed by atoms with Crippen LogP contribution >= 0.6 is 0 Å². The van der Waals surface area contributed by atoms with Gasteiger partial charge in [0.2, 0.25) is 15.9 Å². The Morgan fingerprint density at radius 2 is 1.57 bits per heavy atom. The number of benzene rings is 2. The topological polar surface area (TPSA) is 146 Å². The van der Waals surface area contributed by atoms with Crippen molar-refractivity contribution in [2.45, 2.75) is 55.1 Å². The summed E-state index contributed by atoms with van der Waals surface area (Å²) in [6.07, 6.45) is 5.81. The molecule has 6 rings (SSSR count). The highest BCUT2D eigenvalue weighted by molar-refractivity contribution is 7.89. The van der Waals surface area contributed by atoms with Crippen LogP contribution in [-0.4, -0.2) is 58.7 Å². The number of carbonyl (C=O) groups is 3. The highest BCUT2D eigenvalue weighted by atomic mass is 32.2. The average molecular weight is 563 g/mol. The van der Waals surface area contributed by atoms with Gasteiger partial charge in [0.05, 0.1) is 4.90 Å². The van der Waals surface area contributed by atoms with Crippen molar-refractivity contribution in [1.29, 1.82) is 0 Å². The molecule has 3 aliphatic rings. The van der Waals surface area contributed by atoms with Crippen LogP contribution in [-0.2, 0) is 26.0 Å². The van der Waals surface area contributed by atoms with Crippen molar-refractivity contribution in [2.24, 2.45) is 5.92 Å². The lowest BCUT2D eigenvalue weighted by Crippen LogP contribution is -2.63. The van der Waals surface area contributed by atoms with E-state index in [9.17, 15) is 27.9 Å². The summed E-state index contributed by atoms with van der Waals surface area (Å²) in [7, 11) is -3.95. The van der Waals surface area contributed by atoms with E-state index >= 15 is 0 Å². The van der Waals surface area contributed by atoms with Gasteiger partial charge in [-0.2, -0.15) is 4.31 Å². The monoisotopic (exact) mass is 562 g/mol. The molecule has 0 radical (unpaired) electrons. The first kappa shape index (κ1) is 27.5. The van der Waals surface area contributed by atoms with Gasteiger partial charge in [0.1, 0.15) is 12.1 Å². The number of aliphatic carboxylic acids is 1. The molecule has 2 aliphatic heterocycles. The van der Waals surface area contributed by atoms with E-state index in [0.717, 1.165) is 0 Å². The van der Waals surface area contributed by atoms with Gasteiger partial charge >= 0.3 is 5.97 Å². The number of nitrogens with zero attached hydrogens (tertiary/aromatic N) is 2. The smallest absolute Gasteiger partial charge is 0.326 e. The summed E-state index contributed by atoms with van der Waals surface area (Å²) in [4.78, 5) is 42.1. The zero-order chi connectivity index (χ0) is 28.3. The second-order valence-electron chi connectivity index (χ2n) is 10.2. The number of fused-ring (bicyclic) bond motifs is 3. The molecule has 1 aliphatic carbocycles. The molecule has 11 heteroatoms. The molecule has 0 unspecified atom stereocenters. The predicted molar refractivity (Wildman–Crippen MR) is 147 cm³/mol. The number of piperidine rings is 2. The largest absolute Gasteiger partial charge is 0.480 e. The molecule has 2 aromatic carbocycles. The Morgan fingerprint density at radius 1 is 0.925 bits per heavy atom. The minimum atomic E-state index is -3.95. The van der Waals surface area contributed by atoms with Gasteiger partial charge in [0.15, 0.2) is 0 Å². The first-order valence-corrected chi connectivity index (χ1v) is 14.6. The van der Waals surface area contributed by atoms with Gasteiger partial charge in [0.25, 0.3) is 5.91 Å². The molecule has 0 spiro atoms. The van der Waals surface area contributed by atoms with Gasteiger partial charge in [-0.3, -0.25) is 14.6 Å². The molecule has 2 atom stereocenters. The zero-order valence-corrected chi connectivity index (χ0v) is 22.5. The Hall–Kier alpha value is -4.09. The van der Waals surface area contributed by atoms with Crippen molar-refractivity contribution < 1.29 is 27.9 Å². The van der Waals surface area contributed by atoms with Crippen LogP contribution in [0, 0.1) is 5.92 Å². The molecular weight excluding hydrogens is 532 g/mol. The van der Waals surface area contributed by atoms with E-state index in [1.165, 1.54) is 28.8 Å². The molecule has 208 valence electrons. The van der Waals surface area contributed by atoms with Crippen LogP contribution in [0.15, 0.2) is 84.0 Å². The zero-order valence-electron chi connectivity index (χ0n) is 21.6. The van der Waals surface area contributed by atoms with Gasteiger partial charge in [-0.05, 0) is 73.6 Å². The van der Waals surface area contributed by atoms with Gasteiger partial charge < -0.3 is 15.7 Å². The lowest BCUT2D eigenvalue weighted by molar-refractivity contribution is -0.143. The third-order valence-electron chi connectivity index (χ3n) is 7.62. The van der Waals surface area contributed by atoms with Gasteiger partial charge in [-0.15, -0.1) is 0 Å². The lowest BCUT2D eigenvalue weighted by atomic mass is 9.76. The number of pyridine rings is 1. The normalized spacial score (nSPS) is 21.4. The molecule has 2 amide bonds. The number of anilines is 1. The van der Waals surface area contributed by atoms with Crippen molar-refractivity contribution in [3.63, 3.8) is 0 Å². The molecule has 3 fully saturated rings. The average Bonchev–Trinajstić information content (AvgIpc) is 2.98. The van der Waals surface area contributed by atoms with Crippen molar-refractivity contribution in [2.75, 3.05) is 5.32 Å². The minimum absolute atomic E-state index is 0.00803. The van der Waals surface area contributed by atoms with E-state index in [0.29, 0.717) is 42.5 Å². The molecule has 1 aromatic heterocycles. The molecule has 1 saturated carbocycles. The van der Waals surface area contributed by atoms with Gasteiger partial charge in [-0.1, -0.05) is 30.3 Å². The van der Waals surface area contributed by atoms with Crippen molar-refractivity contribution >= 4 is 33.5 Å². The number of carboxylic acids is 1. The molecule has 10 nitrogen and oxygen atoms in total. The number of rotatable bonds is 9. The number of carbonyl (C=O) groups excluding carboxylic acids is 2. The summed E-state index contributed by atoms with van der Waals surface area (Å²) in [5, 5.41) is 15.3. The predicted octanol–water partition coefficient (Wildman–Crippen LogP) is 3.08. The number of carboxylic acid groups (broad SMARTS) is 1. The van der Waals surface area contributed by atoms with Crippen molar-refractivity contribution in [3.8, 4) is 0 Å². The highest BCUT2D eigenvalue weighted by Crippen LogP contribution is 2.42. The molecule has 40 heavy (non-hydrogen) atoms. The number of hydrogen-bond acceptors (Lipinski definition) is 6. The third-order valence-corrected chi connectivity index (χ3v) is 9.57. The summed E-state index contributed by atoms with van der Waals surface area (Å²) < 4.78 is 28.5. The summed E-state index contributed by atoms with van der Waals surface area (Å²) in [5.74, 6) is -2.30. The van der Waals surface area contributed by atoms with Gasteiger partial charge in [-0.25, -0.2) is 13.2 Å². The SMILES string of the molecule is O=C(Nc1ccc(C[C@H](NC(=O)[C@@H]2C3CCC(CC3)N2S(=O)(=O)c2ccccc2)C(=O)O)cc1)c1ccncc1. The highest BCUT2D eigenvalue weighted by Gasteiger charge is 2.51. The summed E-state index contributed by atoms with van der Waals surface area (Å²) in [6.45, 7) is 0. The minimum Gasteiger partial charge on any atom is -0.480 e. The van der Waals surface area contributed by atoms with E-state index in [4.69, 9.17) is 0 Å². The van der Waals surface area contributed by atoms with Crippen LogP contribution < -0.4 is 10.6 Å². The summed E-state index contributed by atoms with van der Waals surface area (Å²) in [6, 6.07) is 15.4. The summed E-state index contributed by atoms with van der Waals surface area (Å²) in [5.41, 5.74) is 1.61. The van der Waals surface area contributed by atoms with E-state index in [2.05, 4.69) is 15.6 Å². The van der Waals surface area contributed by atoms with Crippen LogP contribution in [0.1, 0.15) is 41.6 Å². The molecule has 3 N–H and O–H groups in total. The Balaban J connectivity index is 1.29. The molecule has 2 saturated heterocycles. The Kier molecular flexibility index (Phi) is 7.95. The maximum atomic E-state index is 13.6. The van der Waals surface area contributed by atoms with Crippen LogP contribution in [0.25, 0.3) is 0 Å². The number of hydrogen-bond donors (Lipinski definition) is 3. The molecule has 2 bridgehead atoms. The Labute approximate surface area is 232 Å². The van der Waals surface area contributed by atoms with Crippen LogP contribution in [0.2, 0.25) is 0 Å². The van der Waals surface area contributed by atoms with Crippen LogP contribution in [0.4, 0.5) is 5.69 Å². The number of amides is 2. The fourth-order valence-corrected chi connectivity index (χ4v) is 7.53. The molecule has 3 heterocycles. The number of sulfonamides is 1. The molecular formula is C29H30N4O6S. The van der Waals surface area contributed by atoms with E-state index in [1.807, 2.05) is 0 Å². The third kappa shape index (κ3) is 5.75. The Bertz CT molecular complexity index is 1470. The second kappa shape index (κ2) is 11.6. The fraction of sp³-hybridized carbons (Fsp3) is 0.310. The first-order chi connectivity index (χ1) is 19.2. The molecule has 3 aromatic rings. The van der Waals surface area contributed by atoms with Crippen molar-refractivity contribution in [3.05, 3.63) is 90.3 Å². The van der Waals surface area contributed by atoms with E-state index in [-0.39, 0.29) is 29.2 Å². The first-order valence-electron chi connectivity index (χ1n) is 13.2. The Morgan fingerprint density at radius 3 is 2.20 bits per heavy atom. The number of aromatic nitrogens is 1. The van der Waals surface area contributed by atoms with Gasteiger partial charge in [0, 0.05) is 36.1 Å². The standard InChI is InChI=1S/C29H30N4O6S/c34-27(21-14-16-30-17-15-21)31-22-10-6-19(7-11-22)18-25(29(36)37)32-28(35)26-20-8-12-23(13-9-20)33(26)40(38,39)24-4-2-1-3-5-24/h1-7,10-11,14-17,20,23,25-26H,8-9,12-13,18H2,(H,31,34)(H,32,35)(H,36,37)/t20?,23?,25-,26-/m0/s1. The van der Waals surface area contributed by atoms with E-state index in [1.54, 1.807) is 54.6 Å².